The number of benzene rings is 1. The number of para-hydroxylation sites is 1. The highest BCUT2D eigenvalue weighted by Gasteiger charge is 2.19. The van der Waals surface area contributed by atoms with Gasteiger partial charge in [0.25, 0.3) is 0 Å². The van der Waals surface area contributed by atoms with E-state index in [0.717, 1.165) is 24.8 Å². The van der Waals surface area contributed by atoms with Crippen molar-refractivity contribution in [2.75, 3.05) is 13.2 Å². The molecule has 0 bridgehead atoms. The fourth-order valence-electron chi connectivity index (χ4n) is 2.55. The van der Waals surface area contributed by atoms with E-state index in [4.69, 9.17) is 4.74 Å². The minimum atomic E-state index is 0.697. The van der Waals surface area contributed by atoms with Gasteiger partial charge in [-0.25, -0.2) is 0 Å². The van der Waals surface area contributed by atoms with Crippen molar-refractivity contribution in [3.05, 3.63) is 30.3 Å². The molecule has 17 heavy (non-hydrogen) atoms. The van der Waals surface area contributed by atoms with Gasteiger partial charge in [-0.3, -0.25) is 0 Å². The molecule has 1 aromatic carbocycles. The van der Waals surface area contributed by atoms with E-state index in [1.807, 2.05) is 30.3 Å². The maximum Gasteiger partial charge on any atom is 0.119 e. The Kier molecular flexibility index (Phi) is 4.87. The predicted octanol–water partition coefficient (Wildman–Crippen LogP) is 3.23. The van der Waals surface area contributed by atoms with E-state index in [0.29, 0.717) is 6.04 Å². The van der Waals surface area contributed by atoms with Crippen LogP contribution < -0.4 is 10.1 Å². The molecule has 0 radical (unpaired) electrons. The van der Waals surface area contributed by atoms with Crippen molar-refractivity contribution in [1.82, 2.24) is 5.32 Å². The molecule has 1 saturated carbocycles. The first-order valence-electron chi connectivity index (χ1n) is 6.77. The molecule has 94 valence electrons. The molecule has 1 aromatic rings. The van der Waals surface area contributed by atoms with Crippen LogP contribution in [0.2, 0.25) is 0 Å². The second-order valence-electron chi connectivity index (χ2n) is 4.98. The van der Waals surface area contributed by atoms with Gasteiger partial charge in [-0.15, -0.1) is 0 Å². The Labute approximate surface area is 104 Å². The quantitative estimate of drug-likeness (QED) is 0.788. The molecule has 0 saturated heterocycles. The summed E-state index contributed by atoms with van der Waals surface area (Å²) in [4.78, 5) is 0. The fourth-order valence-corrected chi connectivity index (χ4v) is 2.55. The van der Waals surface area contributed by atoms with Gasteiger partial charge in [-0.1, -0.05) is 38.0 Å². The van der Waals surface area contributed by atoms with Crippen molar-refractivity contribution < 1.29 is 4.74 Å². The summed E-state index contributed by atoms with van der Waals surface area (Å²) < 4.78 is 5.67. The Bertz CT molecular complexity index is 312. The van der Waals surface area contributed by atoms with Crippen LogP contribution in [0.25, 0.3) is 0 Å². The zero-order valence-corrected chi connectivity index (χ0v) is 10.7. The summed E-state index contributed by atoms with van der Waals surface area (Å²) >= 11 is 0. The first-order valence-corrected chi connectivity index (χ1v) is 6.77. The molecule has 0 amide bonds. The lowest BCUT2D eigenvalue weighted by atomic mass is 9.86. The maximum atomic E-state index is 5.67. The van der Waals surface area contributed by atoms with Crippen LogP contribution in [0, 0.1) is 5.92 Å². The second kappa shape index (κ2) is 6.65. The Hall–Kier alpha value is -1.02. The van der Waals surface area contributed by atoms with Crippen molar-refractivity contribution in [2.24, 2.45) is 5.92 Å². The summed E-state index contributed by atoms with van der Waals surface area (Å²) in [5, 5.41) is 3.62. The Morgan fingerprint density at radius 2 is 1.94 bits per heavy atom. The molecule has 2 rings (SSSR count). The zero-order chi connectivity index (χ0) is 11.9. The van der Waals surface area contributed by atoms with Gasteiger partial charge < -0.3 is 10.1 Å². The monoisotopic (exact) mass is 233 g/mol. The number of nitrogens with one attached hydrogen (secondary N) is 1. The summed E-state index contributed by atoms with van der Waals surface area (Å²) in [6.07, 6.45) is 5.48. The van der Waals surface area contributed by atoms with Crippen LogP contribution in [0.5, 0.6) is 5.75 Å². The molecule has 0 spiro atoms. The first-order chi connectivity index (χ1) is 8.36. The van der Waals surface area contributed by atoms with E-state index in [-0.39, 0.29) is 0 Å². The molecular weight excluding hydrogens is 210 g/mol. The van der Waals surface area contributed by atoms with Crippen LogP contribution in [0.1, 0.15) is 32.6 Å². The van der Waals surface area contributed by atoms with Crippen molar-refractivity contribution >= 4 is 0 Å². The number of ether oxygens (including phenoxy) is 1. The van der Waals surface area contributed by atoms with Crippen LogP contribution in [0.15, 0.2) is 30.3 Å². The van der Waals surface area contributed by atoms with E-state index >= 15 is 0 Å². The van der Waals surface area contributed by atoms with Gasteiger partial charge in [-0.05, 0) is 30.9 Å². The van der Waals surface area contributed by atoms with Gasteiger partial charge in [0.1, 0.15) is 12.4 Å². The topological polar surface area (TPSA) is 21.3 Å². The van der Waals surface area contributed by atoms with Gasteiger partial charge in [0.15, 0.2) is 0 Å². The number of hydrogen-bond acceptors (Lipinski definition) is 2. The molecule has 2 unspecified atom stereocenters. The highest BCUT2D eigenvalue weighted by atomic mass is 16.5. The summed E-state index contributed by atoms with van der Waals surface area (Å²) in [7, 11) is 0. The molecule has 1 aliphatic carbocycles. The van der Waals surface area contributed by atoms with Crippen molar-refractivity contribution in [2.45, 2.75) is 38.6 Å². The molecule has 2 heteroatoms. The molecule has 2 nitrogen and oxygen atoms in total. The minimum Gasteiger partial charge on any atom is -0.492 e. The molecule has 1 fully saturated rings. The van der Waals surface area contributed by atoms with E-state index in [9.17, 15) is 0 Å². The SMILES string of the molecule is CC1CCCCC1NCCOc1ccccc1. The predicted molar refractivity (Wildman–Crippen MR) is 71.4 cm³/mol. The second-order valence-corrected chi connectivity index (χ2v) is 4.98. The van der Waals surface area contributed by atoms with Crippen molar-refractivity contribution in [3.63, 3.8) is 0 Å². The maximum absolute atomic E-state index is 5.67. The number of rotatable bonds is 5. The van der Waals surface area contributed by atoms with Crippen molar-refractivity contribution in [3.8, 4) is 5.75 Å². The molecule has 0 aromatic heterocycles. The molecule has 0 heterocycles. The van der Waals surface area contributed by atoms with Gasteiger partial charge >= 0.3 is 0 Å². The third kappa shape index (κ3) is 4.04. The number of hydrogen-bond donors (Lipinski definition) is 1. The lowest BCUT2D eigenvalue weighted by Crippen LogP contribution is -2.39. The highest BCUT2D eigenvalue weighted by Crippen LogP contribution is 2.23. The average molecular weight is 233 g/mol. The van der Waals surface area contributed by atoms with Gasteiger partial charge in [0.05, 0.1) is 0 Å². The summed E-state index contributed by atoms with van der Waals surface area (Å²) in [5.41, 5.74) is 0. The third-order valence-electron chi connectivity index (χ3n) is 3.63. The zero-order valence-electron chi connectivity index (χ0n) is 10.7. The van der Waals surface area contributed by atoms with Gasteiger partial charge in [0, 0.05) is 12.6 Å². The van der Waals surface area contributed by atoms with Crippen LogP contribution >= 0.6 is 0 Å². The summed E-state index contributed by atoms with van der Waals surface area (Å²) in [6, 6.07) is 10.7. The third-order valence-corrected chi connectivity index (χ3v) is 3.63. The van der Waals surface area contributed by atoms with E-state index in [1.54, 1.807) is 0 Å². The molecule has 1 N–H and O–H groups in total. The Balaban J connectivity index is 1.63. The standard InChI is InChI=1S/C15H23NO/c1-13-7-5-6-10-15(13)16-11-12-17-14-8-3-2-4-9-14/h2-4,8-9,13,15-16H,5-7,10-12H2,1H3. The molecule has 1 aliphatic rings. The Morgan fingerprint density at radius 3 is 2.71 bits per heavy atom. The molecular formula is C15H23NO. The van der Waals surface area contributed by atoms with Crippen LogP contribution in [-0.4, -0.2) is 19.2 Å². The molecule has 2 atom stereocenters. The molecule has 0 aliphatic heterocycles. The lowest BCUT2D eigenvalue weighted by molar-refractivity contribution is 0.251. The fraction of sp³-hybridized carbons (Fsp3) is 0.600. The largest absolute Gasteiger partial charge is 0.492 e. The summed E-state index contributed by atoms with van der Waals surface area (Å²) in [6.45, 7) is 4.06. The highest BCUT2D eigenvalue weighted by molar-refractivity contribution is 5.20. The van der Waals surface area contributed by atoms with E-state index in [2.05, 4.69) is 12.2 Å². The van der Waals surface area contributed by atoms with Crippen LogP contribution in [0.3, 0.4) is 0 Å². The minimum absolute atomic E-state index is 0.697. The average Bonchev–Trinajstić information content (AvgIpc) is 2.38. The van der Waals surface area contributed by atoms with E-state index in [1.165, 1.54) is 25.7 Å². The van der Waals surface area contributed by atoms with E-state index < -0.39 is 0 Å². The first kappa shape index (κ1) is 12.4. The lowest BCUT2D eigenvalue weighted by Gasteiger charge is -2.29. The normalized spacial score (nSPS) is 24.5. The van der Waals surface area contributed by atoms with Gasteiger partial charge in [0.2, 0.25) is 0 Å². The smallest absolute Gasteiger partial charge is 0.119 e. The van der Waals surface area contributed by atoms with Gasteiger partial charge in [-0.2, -0.15) is 0 Å². The summed E-state index contributed by atoms with van der Waals surface area (Å²) in [5.74, 6) is 1.78. The van der Waals surface area contributed by atoms with Crippen molar-refractivity contribution in [1.29, 1.82) is 0 Å². The Morgan fingerprint density at radius 1 is 1.18 bits per heavy atom. The van der Waals surface area contributed by atoms with Crippen LogP contribution in [0.4, 0.5) is 0 Å². The van der Waals surface area contributed by atoms with Crippen LogP contribution in [-0.2, 0) is 0 Å².